The van der Waals surface area contributed by atoms with Gasteiger partial charge in [-0.15, -0.1) is 0 Å². The average molecular weight is 226 g/mol. The molecule has 0 aliphatic carbocycles. The van der Waals surface area contributed by atoms with Gasteiger partial charge in [0.2, 0.25) is 0 Å². The first-order valence-electron chi connectivity index (χ1n) is 4.92. The summed E-state index contributed by atoms with van der Waals surface area (Å²) >= 11 is 0. The van der Waals surface area contributed by atoms with Crippen molar-refractivity contribution in [3.05, 3.63) is 42.5 Å². The first-order valence-corrected chi connectivity index (χ1v) is 4.92. The fourth-order valence-electron chi connectivity index (χ4n) is 0.955. The SMILES string of the molecule is C=C(c1ccccc1)C(O)CO.OCCO. The summed E-state index contributed by atoms with van der Waals surface area (Å²) in [6, 6.07) is 9.32. The molecular weight excluding hydrogens is 208 g/mol. The molecule has 0 radical (unpaired) electrons. The number of aliphatic hydroxyl groups excluding tert-OH is 4. The van der Waals surface area contributed by atoms with E-state index < -0.39 is 6.10 Å². The molecule has 4 nitrogen and oxygen atoms in total. The Morgan fingerprint density at radius 2 is 1.56 bits per heavy atom. The summed E-state index contributed by atoms with van der Waals surface area (Å²) in [5.41, 5.74) is 1.41. The molecule has 0 bridgehead atoms. The van der Waals surface area contributed by atoms with Crippen molar-refractivity contribution in [3.8, 4) is 0 Å². The van der Waals surface area contributed by atoms with E-state index in [1.165, 1.54) is 0 Å². The van der Waals surface area contributed by atoms with Crippen LogP contribution in [-0.2, 0) is 0 Å². The highest BCUT2D eigenvalue weighted by Crippen LogP contribution is 2.14. The van der Waals surface area contributed by atoms with Gasteiger partial charge in [-0.25, -0.2) is 0 Å². The second-order valence-corrected chi connectivity index (χ2v) is 3.04. The van der Waals surface area contributed by atoms with Gasteiger partial charge in [-0.2, -0.15) is 0 Å². The van der Waals surface area contributed by atoms with Crippen molar-refractivity contribution < 1.29 is 20.4 Å². The molecule has 1 atom stereocenters. The molecule has 4 N–H and O–H groups in total. The van der Waals surface area contributed by atoms with Crippen LogP contribution in [0.3, 0.4) is 0 Å². The van der Waals surface area contributed by atoms with Crippen molar-refractivity contribution in [1.82, 2.24) is 0 Å². The predicted octanol–water partition coefficient (Wildman–Crippen LogP) is 0.0240. The lowest BCUT2D eigenvalue weighted by Gasteiger charge is -2.10. The molecule has 16 heavy (non-hydrogen) atoms. The number of benzene rings is 1. The van der Waals surface area contributed by atoms with Crippen LogP contribution in [0.2, 0.25) is 0 Å². The second-order valence-electron chi connectivity index (χ2n) is 3.04. The summed E-state index contributed by atoms with van der Waals surface area (Å²) in [5.74, 6) is 0. The Hall–Kier alpha value is -1.20. The maximum Gasteiger partial charge on any atom is 0.102 e. The predicted molar refractivity (Wildman–Crippen MR) is 62.7 cm³/mol. The van der Waals surface area contributed by atoms with Gasteiger partial charge in [-0.05, 0) is 11.1 Å². The fraction of sp³-hybridized carbons (Fsp3) is 0.333. The average Bonchev–Trinajstić information content (AvgIpc) is 2.38. The van der Waals surface area contributed by atoms with E-state index in [1.54, 1.807) is 0 Å². The van der Waals surface area contributed by atoms with Crippen LogP contribution in [-0.4, -0.2) is 46.4 Å². The molecule has 1 aromatic carbocycles. The molecule has 0 aliphatic rings. The Morgan fingerprint density at radius 3 is 1.94 bits per heavy atom. The first-order chi connectivity index (χ1) is 7.67. The van der Waals surface area contributed by atoms with Gasteiger partial charge in [-0.3, -0.25) is 0 Å². The zero-order valence-electron chi connectivity index (χ0n) is 9.08. The third-order valence-corrected chi connectivity index (χ3v) is 1.82. The van der Waals surface area contributed by atoms with Gasteiger partial charge < -0.3 is 20.4 Å². The van der Waals surface area contributed by atoms with Crippen LogP contribution in [0, 0.1) is 0 Å². The molecule has 0 amide bonds. The highest BCUT2D eigenvalue weighted by molar-refractivity contribution is 5.66. The monoisotopic (exact) mass is 226 g/mol. The van der Waals surface area contributed by atoms with Crippen LogP contribution in [0.15, 0.2) is 36.9 Å². The van der Waals surface area contributed by atoms with Crippen molar-refractivity contribution in [3.63, 3.8) is 0 Å². The molecule has 0 fully saturated rings. The van der Waals surface area contributed by atoms with Crippen molar-refractivity contribution in [2.45, 2.75) is 6.10 Å². The summed E-state index contributed by atoms with van der Waals surface area (Å²) < 4.78 is 0. The maximum atomic E-state index is 9.23. The minimum atomic E-state index is -0.854. The van der Waals surface area contributed by atoms with E-state index in [9.17, 15) is 5.11 Å². The van der Waals surface area contributed by atoms with Crippen molar-refractivity contribution in [1.29, 1.82) is 0 Å². The standard InChI is InChI=1S/C10H12O2.C2H6O2/c1-8(10(12)7-11)9-5-3-2-4-6-9;3-1-2-4/h2-6,10-12H,1,7H2;3-4H,1-2H2. The van der Waals surface area contributed by atoms with Gasteiger partial charge in [0.25, 0.3) is 0 Å². The topological polar surface area (TPSA) is 80.9 Å². The Bertz CT molecular complexity index is 282. The van der Waals surface area contributed by atoms with Gasteiger partial charge in [0.15, 0.2) is 0 Å². The Kier molecular flexibility index (Phi) is 8.38. The molecule has 0 spiro atoms. The largest absolute Gasteiger partial charge is 0.394 e. The van der Waals surface area contributed by atoms with Gasteiger partial charge in [0, 0.05) is 0 Å². The summed E-state index contributed by atoms with van der Waals surface area (Å²) in [7, 11) is 0. The quantitative estimate of drug-likeness (QED) is 0.583. The lowest BCUT2D eigenvalue weighted by molar-refractivity contribution is 0.138. The van der Waals surface area contributed by atoms with Crippen LogP contribution in [0.4, 0.5) is 0 Å². The Labute approximate surface area is 95.1 Å². The van der Waals surface area contributed by atoms with Crippen LogP contribution in [0.25, 0.3) is 5.57 Å². The van der Waals surface area contributed by atoms with Crippen LogP contribution in [0.1, 0.15) is 5.56 Å². The molecule has 0 aromatic heterocycles. The molecule has 0 saturated heterocycles. The van der Waals surface area contributed by atoms with E-state index in [0.29, 0.717) is 5.57 Å². The number of hydrogen-bond acceptors (Lipinski definition) is 4. The zero-order chi connectivity index (χ0) is 12.4. The number of rotatable bonds is 4. The molecule has 90 valence electrons. The third kappa shape index (κ3) is 5.63. The van der Waals surface area contributed by atoms with E-state index in [2.05, 4.69) is 6.58 Å². The summed E-state index contributed by atoms with van der Waals surface area (Å²) in [6.07, 6.45) is -0.854. The third-order valence-electron chi connectivity index (χ3n) is 1.82. The number of hydrogen-bond donors (Lipinski definition) is 4. The summed E-state index contributed by atoms with van der Waals surface area (Å²) in [5, 5.41) is 33.1. The molecule has 1 rings (SSSR count). The van der Waals surface area contributed by atoms with Crippen LogP contribution in [0.5, 0.6) is 0 Å². The van der Waals surface area contributed by atoms with Crippen molar-refractivity contribution in [2.75, 3.05) is 19.8 Å². The van der Waals surface area contributed by atoms with E-state index in [1.807, 2.05) is 30.3 Å². The fourth-order valence-corrected chi connectivity index (χ4v) is 0.955. The molecular formula is C12H18O4. The summed E-state index contributed by atoms with van der Waals surface area (Å²) in [4.78, 5) is 0. The lowest BCUT2D eigenvalue weighted by Crippen LogP contribution is -2.13. The number of aliphatic hydroxyl groups is 4. The molecule has 0 heterocycles. The second kappa shape index (κ2) is 9.06. The van der Waals surface area contributed by atoms with E-state index in [0.717, 1.165) is 5.56 Å². The van der Waals surface area contributed by atoms with Crippen molar-refractivity contribution in [2.24, 2.45) is 0 Å². The van der Waals surface area contributed by atoms with Gasteiger partial charge in [-0.1, -0.05) is 36.9 Å². The van der Waals surface area contributed by atoms with Gasteiger partial charge >= 0.3 is 0 Å². The molecule has 0 aliphatic heterocycles. The molecule has 4 heteroatoms. The van der Waals surface area contributed by atoms with E-state index in [-0.39, 0.29) is 19.8 Å². The zero-order valence-corrected chi connectivity index (χ0v) is 9.08. The van der Waals surface area contributed by atoms with Crippen LogP contribution >= 0.6 is 0 Å². The maximum absolute atomic E-state index is 9.23. The van der Waals surface area contributed by atoms with Crippen molar-refractivity contribution >= 4 is 5.57 Å². The normalized spacial score (nSPS) is 11.2. The lowest BCUT2D eigenvalue weighted by atomic mass is 10.0. The summed E-state index contributed by atoms with van der Waals surface area (Å²) in [6.45, 7) is 3.15. The van der Waals surface area contributed by atoms with Gasteiger partial charge in [0.05, 0.1) is 19.8 Å². The molecule has 1 unspecified atom stereocenters. The highest BCUT2D eigenvalue weighted by atomic mass is 16.3. The highest BCUT2D eigenvalue weighted by Gasteiger charge is 2.07. The first kappa shape index (κ1) is 14.8. The van der Waals surface area contributed by atoms with Crippen LogP contribution < -0.4 is 0 Å². The molecule has 1 aromatic rings. The Balaban J connectivity index is 0.000000487. The minimum absolute atomic E-state index is 0.125. The van der Waals surface area contributed by atoms with Gasteiger partial charge in [0.1, 0.15) is 6.10 Å². The smallest absolute Gasteiger partial charge is 0.102 e. The van der Waals surface area contributed by atoms with E-state index in [4.69, 9.17) is 15.3 Å². The minimum Gasteiger partial charge on any atom is -0.394 e. The van der Waals surface area contributed by atoms with E-state index >= 15 is 0 Å². The Morgan fingerprint density at radius 1 is 1.06 bits per heavy atom. The molecule has 0 saturated carbocycles.